The van der Waals surface area contributed by atoms with Crippen LogP contribution >= 0.6 is 23.1 Å². The number of ether oxygens (including phenoxy) is 2. The number of fused-ring (bicyclic) bond motifs is 1. The molecule has 0 aliphatic heterocycles. The molecule has 0 saturated carbocycles. The molecule has 1 amide bonds. The zero-order valence-corrected chi connectivity index (χ0v) is 21.7. The van der Waals surface area contributed by atoms with E-state index in [0.717, 1.165) is 28.7 Å². The third-order valence-electron chi connectivity index (χ3n) is 5.37. The Bertz CT molecular complexity index is 1440. The number of carbonyl (C=O) groups is 2. The molecule has 0 saturated heterocycles. The summed E-state index contributed by atoms with van der Waals surface area (Å²) in [7, 11) is 1.57. The van der Waals surface area contributed by atoms with Crippen molar-refractivity contribution in [3.63, 3.8) is 0 Å². The summed E-state index contributed by atoms with van der Waals surface area (Å²) in [4.78, 5) is 44.1. The Kier molecular flexibility index (Phi) is 8.11. The first kappa shape index (κ1) is 25.5. The van der Waals surface area contributed by atoms with Gasteiger partial charge >= 0.3 is 5.97 Å². The van der Waals surface area contributed by atoms with Crippen LogP contribution in [0.2, 0.25) is 0 Å². The van der Waals surface area contributed by atoms with Gasteiger partial charge in [0.2, 0.25) is 5.91 Å². The molecule has 0 bridgehead atoms. The molecule has 0 radical (unpaired) electrons. The SMILES string of the molecule is CCOC(=O)c1sc2nc(SCC(=O)NCc3ccco3)n(Cc3ccccc3OC)c(=O)c2c1C. The van der Waals surface area contributed by atoms with Gasteiger partial charge in [-0.2, -0.15) is 0 Å². The van der Waals surface area contributed by atoms with E-state index in [9.17, 15) is 14.4 Å². The predicted octanol–water partition coefficient (Wildman–Crippen LogP) is 4.00. The maximum Gasteiger partial charge on any atom is 0.348 e. The first-order valence-electron chi connectivity index (χ1n) is 11.2. The molecule has 0 unspecified atom stereocenters. The van der Waals surface area contributed by atoms with Crippen molar-refractivity contribution in [2.24, 2.45) is 0 Å². The Hall–Kier alpha value is -3.57. The molecule has 11 heteroatoms. The van der Waals surface area contributed by atoms with Crippen LogP contribution in [0, 0.1) is 6.92 Å². The van der Waals surface area contributed by atoms with Gasteiger partial charge in [-0.05, 0) is 37.6 Å². The Morgan fingerprint density at radius 2 is 2.03 bits per heavy atom. The molecule has 9 nitrogen and oxygen atoms in total. The summed E-state index contributed by atoms with van der Waals surface area (Å²) in [5, 5.41) is 3.52. The summed E-state index contributed by atoms with van der Waals surface area (Å²) in [5.74, 6) is 0.594. The molecule has 4 aromatic rings. The van der Waals surface area contributed by atoms with E-state index in [2.05, 4.69) is 5.32 Å². The summed E-state index contributed by atoms with van der Waals surface area (Å²) < 4.78 is 17.4. The Morgan fingerprint density at radius 1 is 1.22 bits per heavy atom. The number of hydrogen-bond donors (Lipinski definition) is 1. The molecule has 1 aromatic carbocycles. The van der Waals surface area contributed by atoms with Gasteiger partial charge in [0.25, 0.3) is 5.56 Å². The van der Waals surface area contributed by atoms with Crippen LogP contribution in [-0.2, 0) is 22.6 Å². The normalized spacial score (nSPS) is 11.0. The number of benzene rings is 1. The van der Waals surface area contributed by atoms with Gasteiger partial charge in [0.15, 0.2) is 5.16 Å². The maximum absolute atomic E-state index is 13.7. The zero-order valence-electron chi connectivity index (χ0n) is 20.0. The molecule has 0 aliphatic rings. The van der Waals surface area contributed by atoms with E-state index in [4.69, 9.17) is 18.9 Å². The van der Waals surface area contributed by atoms with Crippen LogP contribution in [0.1, 0.15) is 33.5 Å². The third-order valence-corrected chi connectivity index (χ3v) is 7.51. The number of rotatable bonds is 10. The number of carbonyl (C=O) groups excluding carboxylic acids is 2. The zero-order chi connectivity index (χ0) is 25.7. The van der Waals surface area contributed by atoms with Crippen LogP contribution in [0.3, 0.4) is 0 Å². The highest BCUT2D eigenvalue weighted by Gasteiger charge is 2.23. The number of aromatic nitrogens is 2. The monoisotopic (exact) mass is 527 g/mol. The number of furan rings is 1. The lowest BCUT2D eigenvalue weighted by molar-refractivity contribution is -0.118. The minimum Gasteiger partial charge on any atom is -0.496 e. The first-order valence-corrected chi connectivity index (χ1v) is 13.0. The van der Waals surface area contributed by atoms with Crippen molar-refractivity contribution >= 4 is 45.2 Å². The number of esters is 1. The van der Waals surface area contributed by atoms with Gasteiger partial charge in [-0.3, -0.25) is 14.2 Å². The Morgan fingerprint density at radius 3 is 2.75 bits per heavy atom. The minimum atomic E-state index is -0.486. The van der Waals surface area contributed by atoms with Gasteiger partial charge in [-0.1, -0.05) is 30.0 Å². The molecule has 4 rings (SSSR count). The van der Waals surface area contributed by atoms with Crippen LogP contribution in [0.4, 0.5) is 0 Å². The first-order chi connectivity index (χ1) is 17.4. The predicted molar refractivity (Wildman–Crippen MR) is 138 cm³/mol. The van der Waals surface area contributed by atoms with Gasteiger partial charge in [0.05, 0.1) is 44.2 Å². The standard InChI is InChI=1S/C25H25N3O6S2/c1-4-33-24(31)21-15(2)20-22(36-21)27-25(35-14-19(29)26-12-17-9-7-11-34-17)28(23(20)30)13-16-8-5-6-10-18(16)32-3/h5-11H,4,12-14H2,1-3H3,(H,26,29). The summed E-state index contributed by atoms with van der Waals surface area (Å²) in [6.07, 6.45) is 1.54. The van der Waals surface area contributed by atoms with Crippen molar-refractivity contribution in [2.75, 3.05) is 19.5 Å². The molecule has 0 fully saturated rings. The highest BCUT2D eigenvalue weighted by atomic mass is 32.2. The average Bonchev–Trinajstić information content (AvgIpc) is 3.51. The summed E-state index contributed by atoms with van der Waals surface area (Å²) in [6, 6.07) is 10.9. The van der Waals surface area contributed by atoms with Gasteiger partial charge in [0.1, 0.15) is 21.2 Å². The number of thioether (sulfide) groups is 1. The maximum atomic E-state index is 13.7. The molecule has 0 aliphatic carbocycles. The summed E-state index contributed by atoms with van der Waals surface area (Å²) >= 11 is 2.26. The van der Waals surface area contributed by atoms with Gasteiger partial charge in [-0.25, -0.2) is 9.78 Å². The minimum absolute atomic E-state index is 0.0413. The van der Waals surface area contributed by atoms with E-state index in [1.54, 1.807) is 39.4 Å². The lowest BCUT2D eigenvalue weighted by atomic mass is 10.2. The number of nitrogens with one attached hydrogen (secondary N) is 1. The fraction of sp³-hybridized carbons (Fsp3) is 0.280. The van der Waals surface area contributed by atoms with Crippen LogP contribution < -0.4 is 15.6 Å². The van der Waals surface area contributed by atoms with Crippen molar-refractivity contribution in [2.45, 2.75) is 32.1 Å². The lowest BCUT2D eigenvalue weighted by Crippen LogP contribution is -2.27. The fourth-order valence-electron chi connectivity index (χ4n) is 3.62. The molecule has 3 aromatic heterocycles. The van der Waals surface area contributed by atoms with Crippen molar-refractivity contribution < 1.29 is 23.5 Å². The van der Waals surface area contributed by atoms with Crippen molar-refractivity contribution in [1.29, 1.82) is 0 Å². The highest BCUT2D eigenvalue weighted by Crippen LogP contribution is 2.30. The number of hydrogen-bond acceptors (Lipinski definition) is 9. The van der Waals surface area contributed by atoms with E-state index in [1.165, 1.54) is 4.57 Å². The summed E-state index contributed by atoms with van der Waals surface area (Å²) in [6.45, 7) is 4.12. The Balaban J connectivity index is 1.70. The van der Waals surface area contributed by atoms with Crippen molar-refractivity contribution in [1.82, 2.24) is 14.9 Å². The number of methoxy groups -OCH3 is 1. The molecule has 1 N–H and O–H groups in total. The van der Waals surface area contributed by atoms with E-state index < -0.39 is 5.97 Å². The van der Waals surface area contributed by atoms with Gasteiger partial charge < -0.3 is 19.2 Å². The summed E-state index contributed by atoms with van der Waals surface area (Å²) in [5.41, 5.74) is 1.02. The lowest BCUT2D eigenvalue weighted by Gasteiger charge is -2.14. The van der Waals surface area contributed by atoms with Crippen LogP contribution in [0.15, 0.2) is 57.0 Å². The van der Waals surface area contributed by atoms with Gasteiger partial charge in [0, 0.05) is 5.56 Å². The number of thiophene rings is 1. The van der Waals surface area contributed by atoms with E-state index in [0.29, 0.717) is 37.3 Å². The van der Waals surface area contributed by atoms with Crippen molar-refractivity contribution in [3.05, 3.63) is 74.8 Å². The average molecular weight is 528 g/mol. The largest absolute Gasteiger partial charge is 0.496 e. The highest BCUT2D eigenvalue weighted by molar-refractivity contribution is 7.99. The van der Waals surface area contributed by atoms with Crippen molar-refractivity contribution in [3.8, 4) is 5.75 Å². The second kappa shape index (κ2) is 11.4. The molecule has 188 valence electrons. The van der Waals surface area contributed by atoms with Crippen LogP contribution in [0.25, 0.3) is 10.2 Å². The van der Waals surface area contributed by atoms with Gasteiger partial charge in [-0.15, -0.1) is 11.3 Å². The topological polar surface area (TPSA) is 113 Å². The molecule has 0 spiro atoms. The van der Waals surface area contributed by atoms with E-state index in [-0.39, 0.29) is 36.9 Å². The van der Waals surface area contributed by atoms with E-state index in [1.807, 2.05) is 24.3 Å². The third kappa shape index (κ3) is 5.47. The van der Waals surface area contributed by atoms with E-state index >= 15 is 0 Å². The molecule has 3 heterocycles. The molecule has 0 atom stereocenters. The molecule has 36 heavy (non-hydrogen) atoms. The second-order valence-corrected chi connectivity index (χ2v) is 9.64. The number of para-hydroxylation sites is 1. The number of nitrogens with zero attached hydrogens (tertiary/aromatic N) is 2. The molecular weight excluding hydrogens is 502 g/mol. The van der Waals surface area contributed by atoms with Crippen LogP contribution in [0.5, 0.6) is 5.75 Å². The number of amides is 1. The Labute approximate surface area is 215 Å². The smallest absolute Gasteiger partial charge is 0.348 e. The molecular formula is C25H25N3O6S2. The van der Waals surface area contributed by atoms with Crippen LogP contribution in [-0.4, -0.2) is 40.9 Å². The number of aryl methyl sites for hydroxylation is 1. The second-order valence-electron chi connectivity index (χ2n) is 7.70. The fourth-order valence-corrected chi connectivity index (χ4v) is 5.57. The quantitative estimate of drug-likeness (QED) is 0.187.